The van der Waals surface area contributed by atoms with Crippen molar-refractivity contribution in [3.05, 3.63) is 48.5 Å². The summed E-state index contributed by atoms with van der Waals surface area (Å²) >= 11 is 0. The van der Waals surface area contributed by atoms with Crippen molar-refractivity contribution in [1.82, 2.24) is 0 Å². The third-order valence-electron chi connectivity index (χ3n) is 4.34. The number of benzene rings is 2. The smallest absolute Gasteiger partial charge is 0.119 e. The van der Waals surface area contributed by atoms with Gasteiger partial charge in [0.15, 0.2) is 0 Å². The summed E-state index contributed by atoms with van der Waals surface area (Å²) in [6, 6.07) is 16.7. The van der Waals surface area contributed by atoms with Crippen LogP contribution in [-0.2, 0) is 0 Å². The first kappa shape index (κ1) is 21.0. The maximum absolute atomic E-state index is 5.81. The molecule has 2 unspecified atom stereocenters. The largest absolute Gasteiger partial charge is 0.493 e. The van der Waals surface area contributed by atoms with Crippen molar-refractivity contribution in [3.8, 4) is 11.5 Å². The van der Waals surface area contributed by atoms with Crippen LogP contribution in [0.25, 0.3) is 0 Å². The SMILES string of the molecule is CCC(C)COc1ccc(SSc2ccc(OCC(C)CC)cc2)cc1. The molecule has 0 N–H and O–H groups in total. The zero-order valence-electron chi connectivity index (χ0n) is 16.2. The molecule has 0 aliphatic heterocycles. The van der Waals surface area contributed by atoms with E-state index in [4.69, 9.17) is 9.47 Å². The van der Waals surface area contributed by atoms with E-state index in [0.717, 1.165) is 37.6 Å². The lowest BCUT2D eigenvalue weighted by molar-refractivity contribution is 0.256. The summed E-state index contributed by atoms with van der Waals surface area (Å²) in [7, 11) is 3.52. The van der Waals surface area contributed by atoms with Crippen molar-refractivity contribution in [3.63, 3.8) is 0 Å². The summed E-state index contributed by atoms with van der Waals surface area (Å²) in [5, 5.41) is 0. The predicted molar refractivity (Wildman–Crippen MR) is 114 cm³/mol. The molecule has 0 spiro atoms. The Morgan fingerprint density at radius 3 is 1.31 bits per heavy atom. The van der Waals surface area contributed by atoms with Crippen LogP contribution in [0.1, 0.15) is 40.5 Å². The van der Waals surface area contributed by atoms with Crippen LogP contribution in [0.3, 0.4) is 0 Å². The lowest BCUT2D eigenvalue weighted by Crippen LogP contribution is -2.06. The van der Waals surface area contributed by atoms with Gasteiger partial charge in [0.05, 0.1) is 13.2 Å². The van der Waals surface area contributed by atoms with Gasteiger partial charge in [0.2, 0.25) is 0 Å². The third-order valence-corrected chi connectivity index (χ3v) is 6.76. The van der Waals surface area contributed by atoms with E-state index >= 15 is 0 Å². The van der Waals surface area contributed by atoms with Gasteiger partial charge in [0.25, 0.3) is 0 Å². The van der Waals surface area contributed by atoms with Crippen LogP contribution in [0, 0.1) is 11.8 Å². The molecule has 4 heteroatoms. The Morgan fingerprint density at radius 2 is 1.00 bits per heavy atom. The molecule has 0 saturated heterocycles. The van der Waals surface area contributed by atoms with Crippen molar-refractivity contribution in [1.29, 1.82) is 0 Å². The molecule has 0 saturated carbocycles. The topological polar surface area (TPSA) is 18.5 Å². The van der Waals surface area contributed by atoms with Gasteiger partial charge < -0.3 is 9.47 Å². The maximum Gasteiger partial charge on any atom is 0.119 e. The van der Waals surface area contributed by atoms with Crippen LogP contribution in [-0.4, -0.2) is 13.2 Å². The van der Waals surface area contributed by atoms with Crippen molar-refractivity contribution < 1.29 is 9.47 Å². The highest BCUT2D eigenvalue weighted by Crippen LogP contribution is 2.38. The lowest BCUT2D eigenvalue weighted by atomic mass is 10.1. The summed E-state index contributed by atoms with van der Waals surface area (Å²) < 4.78 is 11.6. The number of ether oxygens (including phenoxy) is 2. The molecule has 0 bridgehead atoms. The number of hydrogen-bond acceptors (Lipinski definition) is 4. The Hall–Kier alpha value is -1.26. The van der Waals surface area contributed by atoms with Crippen molar-refractivity contribution in [2.45, 2.75) is 50.3 Å². The molecule has 142 valence electrons. The van der Waals surface area contributed by atoms with Gasteiger partial charge in [-0.2, -0.15) is 0 Å². The van der Waals surface area contributed by atoms with E-state index in [9.17, 15) is 0 Å². The van der Waals surface area contributed by atoms with Gasteiger partial charge in [-0.15, -0.1) is 0 Å². The molecule has 2 atom stereocenters. The van der Waals surface area contributed by atoms with Gasteiger partial charge in [0, 0.05) is 9.79 Å². The fourth-order valence-corrected chi connectivity index (χ4v) is 3.92. The summed E-state index contributed by atoms with van der Waals surface area (Å²) in [6.07, 6.45) is 2.29. The van der Waals surface area contributed by atoms with Crippen LogP contribution in [0.15, 0.2) is 58.3 Å². The molecule has 0 aliphatic carbocycles. The van der Waals surface area contributed by atoms with Gasteiger partial charge in [-0.3, -0.25) is 0 Å². The summed E-state index contributed by atoms with van der Waals surface area (Å²) in [5.74, 6) is 3.08. The van der Waals surface area contributed by atoms with E-state index in [1.54, 1.807) is 21.6 Å². The van der Waals surface area contributed by atoms with E-state index in [2.05, 4.69) is 76.2 Å². The second-order valence-electron chi connectivity index (χ2n) is 6.76. The minimum atomic E-state index is 0.594. The van der Waals surface area contributed by atoms with Crippen LogP contribution in [0.4, 0.5) is 0 Å². The van der Waals surface area contributed by atoms with Crippen LogP contribution < -0.4 is 9.47 Å². The van der Waals surface area contributed by atoms with E-state index in [1.165, 1.54) is 9.79 Å². The first-order chi connectivity index (χ1) is 12.6. The Morgan fingerprint density at radius 1 is 0.654 bits per heavy atom. The minimum Gasteiger partial charge on any atom is -0.493 e. The zero-order valence-corrected chi connectivity index (χ0v) is 17.9. The summed E-state index contributed by atoms with van der Waals surface area (Å²) in [5.41, 5.74) is 0. The molecular weight excluding hydrogens is 360 g/mol. The second-order valence-corrected chi connectivity index (χ2v) is 9.03. The molecule has 0 fully saturated rings. The van der Waals surface area contributed by atoms with Gasteiger partial charge in [-0.05, 0) is 60.4 Å². The first-order valence-corrected chi connectivity index (χ1v) is 11.6. The normalized spacial score (nSPS) is 13.2. The molecule has 2 nitrogen and oxygen atoms in total. The van der Waals surface area contributed by atoms with E-state index < -0.39 is 0 Å². The molecular formula is C22H30O2S2. The highest BCUT2D eigenvalue weighted by molar-refractivity contribution is 8.76. The summed E-state index contributed by atoms with van der Waals surface area (Å²) in [6.45, 7) is 10.4. The minimum absolute atomic E-state index is 0.594. The molecule has 2 aromatic carbocycles. The predicted octanol–water partition coefficient (Wildman–Crippen LogP) is 7.34. The Kier molecular flexibility index (Phi) is 9.27. The molecule has 0 aliphatic rings. The van der Waals surface area contributed by atoms with Crippen molar-refractivity contribution >= 4 is 21.6 Å². The van der Waals surface area contributed by atoms with Crippen molar-refractivity contribution in [2.75, 3.05) is 13.2 Å². The zero-order chi connectivity index (χ0) is 18.8. The van der Waals surface area contributed by atoms with Gasteiger partial charge in [-0.1, -0.05) is 62.1 Å². The van der Waals surface area contributed by atoms with Gasteiger partial charge in [-0.25, -0.2) is 0 Å². The van der Waals surface area contributed by atoms with E-state index in [-0.39, 0.29) is 0 Å². The number of hydrogen-bond donors (Lipinski definition) is 0. The van der Waals surface area contributed by atoms with Crippen LogP contribution >= 0.6 is 21.6 Å². The van der Waals surface area contributed by atoms with E-state index in [1.807, 2.05) is 0 Å². The highest BCUT2D eigenvalue weighted by Gasteiger charge is 2.03. The molecule has 0 radical (unpaired) electrons. The van der Waals surface area contributed by atoms with Crippen LogP contribution in [0.2, 0.25) is 0 Å². The molecule has 2 rings (SSSR count). The maximum atomic E-state index is 5.81. The standard InChI is InChI=1S/C22H30O2S2/c1-5-17(3)15-23-19-7-11-21(12-8-19)25-26-22-13-9-20(10-14-22)24-16-18(4)6-2/h7-14,17-18H,5-6,15-16H2,1-4H3. The van der Waals surface area contributed by atoms with Crippen LogP contribution in [0.5, 0.6) is 11.5 Å². The fraction of sp³-hybridized carbons (Fsp3) is 0.455. The lowest BCUT2D eigenvalue weighted by Gasteiger charge is -2.11. The fourth-order valence-electron chi connectivity index (χ4n) is 1.99. The molecule has 0 aromatic heterocycles. The van der Waals surface area contributed by atoms with Gasteiger partial charge in [0.1, 0.15) is 11.5 Å². The Balaban J connectivity index is 1.77. The molecule has 0 amide bonds. The second kappa shape index (κ2) is 11.5. The first-order valence-electron chi connectivity index (χ1n) is 9.41. The monoisotopic (exact) mass is 390 g/mol. The molecule has 26 heavy (non-hydrogen) atoms. The van der Waals surface area contributed by atoms with Gasteiger partial charge >= 0.3 is 0 Å². The highest BCUT2D eigenvalue weighted by atomic mass is 33.1. The molecule has 2 aromatic rings. The molecule has 0 heterocycles. The van der Waals surface area contributed by atoms with Crippen molar-refractivity contribution in [2.24, 2.45) is 11.8 Å². The average molecular weight is 391 g/mol. The average Bonchev–Trinajstić information content (AvgIpc) is 2.70. The third kappa shape index (κ3) is 7.55. The quantitative estimate of drug-likeness (QED) is 0.374. The Labute approximate surface area is 166 Å². The number of rotatable bonds is 11. The summed E-state index contributed by atoms with van der Waals surface area (Å²) in [4.78, 5) is 2.45. The van der Waals surface area contributed by atoms with E-state index in [0.29, 0.717) is 11.8 Å². The Bertz CT molecular complexity index is 568.